The van der Waals surface area contributed by atoms with Gasteiger partial charge in [-0.2, -0.15) is 4.89 Å². The quantitative estimate of drug-likeness (QED) is 0.439. The average Bonchev–Trinajstić information content (AvgIpc) is 2.08. The zero-order valence-corrected chi connectivity index (χ0v) is 7.49. The van der Waals surface area contributed by atoms with Crippen LogP contribution in [0.1, 0.15) is 6.92 Å². The molecule has 0 aliphatic heterocycles. The number of phenolic OH excluding ortho intramolecular Hbond substituents is 1. The molecule has 0 fully saturated rings. The number of benzene rings is 1. The van der Waals surface area contributed by atoms with Gasteiger partial charge in [0.15, 0.2) is 5.75 Å². The highest BCUT2D eigenvalue weighted by Gasteiger charge is 1.94. The fraction of sp³-hybridized carbons (Fsp3) is 0.200. The Morgan fingerprint density at radius 2 is 2.00 bits per heavy atom. The maximum atomic E-state index is 8.96. The van der Waals surface area contributed by atoms with Crippen molar-refractivity contribution in [3.63, 3.8) is 0 Å². The SMILES string of the molecule is C=C(C)COOc1ccc(O)cc1. The summed E-state index contributed by atoms with van der Waals surface area (Å²) in [6, 6.07) is 6.29. The Morgan fingerprint density at radius 3 is 2.54 bits per heavy atom. The predicted octanol–water partition coefficient (Wildman–Crippen LogP) is 2.28. The Balaban J connectivity index is 2.37. The molecule has 1 N–H and O–H groups in total. The van der Waals surface area contributed by atoms with Crippen LogP contribution in [-0.2, 0) is 4.89 Å². The second-order valence-electron chi connectivity index (χ2n) is 2.80. The number of hydrogen-bond acceptors (Lipinski definition) is 3. The molecule has 0 aliphatic carbocycles. The van der Waals surface area contributed by atoms with Crippen molar-refractivity contribution in [2.24, 2.45) is 0 Å². The lowest BCUT2D eigenvalue weighted by Crippen LogP contribution is -1.99. The number of aromatic hydroxyl groups is 1. The Kier molecular flexibility index (Phi) is 3.34. The number of hydrogen-bond donors (Lipinski definition) is 1. The van der Waals surface area contributed by atoms with Crippen molar-refractivity contribution in [1.82, 2.24) is 0 Å². The molecule has 0 saturated heterocycles. The highest BCUT2D eigenvalue weighted by atomic mass is 17.2. The molecule has 70 valence electrons. The van der Waals surface area contributed by atoms with Crippen LogP contribution in [0.5, 0.6) is 11.5 Å². The van der Waals surface area contributed by atoms with E-state index in [0.717, 1.165) is 5.57 Å². The zero-order valence-electron chi connectivity index (χ0n) is 7.49. The second-order valence-corrected chi connectivity index (χ2v) is 2.80. The summed E-state index contributed by atoms with van der Waals surface area (Å²) in [7, 11) is 0. The molecule has 0 spiro atoms. The summed E-state index contributed by atoms with van der Waals surface area (Å²) < 4.78 is 0. The lowest BCUT2D eigenvalue weighted by Gasteiger charge is -2.03. The van der Waals surface area contributed by atoms with E-state index in [1.807, 2.05) is 6.92 Å². The minimum atomic E-state index is 0.201. The monoisotopic (exact) mass is 180 g/mol. The molecular formula is C10H12O3. The molecule has 13 heavy (non-hydrogen) atoms. The van der Waals surface area contributed by atoms with Crippen molar-refractivity contribution in [2.45, 2.75) is 6.92 Å². The first kappa shape index (κ1) is 9.61. The van der Waals surface area contributed by atoms with Gasteiger partial charge in [-0.15, -0.1) is 0 Å². The molecule has 0 aromatic heterocycles. The molecule has 1 aromatic carbocycles. The topological polar surface area (TPSA) is 38.7 Å². The van der Waals surface area contributed by atoms with E-state index in [1.54, 1.807) is 12.1 Å². The van der Waals surface area contributed by atoms with Crippen LogP contribution in [0.2, 0.25) is 0 Å². The molecule has 0 atom stereocenters. The van der Waals surface area contributed by atoms with Crippen molar-refractivity contribution < 1.29 is 14.9 Å². The maximum absolute atomic E-state index is 8.96. The maximum Gasteiger partial charge on any atom is 0.165 e. The Labute approximate surface area is 77.2 Å². The third-order valence-electron chi connectivity index (χ3n) is 1.30. The highest BCUT2D eigenvalue weighted by Crippen LogP contribution is 2.15. The third-order valence-corrected chi connectivity index (χ3v) is 1.30. The standard InChI is InChI=1S/C10H12O3/c1-8(2)7-12-13-10-5-3-9(11)4-6-10/h3-6,11H,1,7H2,2H3. The summed E-state index contributed by atoms with van der Waals surface area (Å²) in [6.45, 7) is 5.86. The van der Waals surface area contributed by atoms with Crippen LogP contribution in [0, 0.1) is 0 Å². The molecule has 0 saturated carbocycles. The van der Waals surface area contributed by atoms with Gasteiger partial charge in [-0.25, -0.2) is 0 Å². The summed E-state index contributed by atoms with van der Waals surface area (Å²) in [4.78, 5) is 9.74. The fourth-order valence-corrected chi connectivity index (χ4v) is 0.700. The van der Waals surface area contributed by atoms with E-state index < -0.39 is 0 Å². The van der Waals surface area contributed by atoms with Crippen LogP contribution < -0.4 is 4.89 Å². The van der Waals surface area contributed by atoms with Gasteiger partial charge >= 0.3 is 0 Å². The largest absolute Gasteiger partial charge is 0.508 e. The smallest absolute Gasteiger partial charge is 0.165 e. The molecule has 1 aromatic rings. The minimum absolute atomic E-state index is 0.201. The Morgan fingerprint density at radius 1 is 1.38 bits per heavy atom. The first-order chi connectivity index (χ1) is 6.18. The average molecular weight is 180 g/mol. The van der Waals surface area contributed by atoms with Crippen LogP contribution in [0.25, 0.3) is 0 Å². The van der Waals surface area contributed by atoms with E-state index in [0.29, 0.717) is 12.4 Å². The van der Waals surface area contributed by atoms with Gasteiger partial charge in [-0.05, 0) is 31.2 Å². The van der Waals surface area contributed by atoms with Crippen molar-refractivity contribution in [3.8, 4) is 11.5 Å². The van der Waals surface area contributed by atoms with Crippen LogP contribution in [0.4, 0.5) is 0 Å². The van der Waals surface area contributed by atoms with E-state index in [9.17, 15) is 0 Å². The summed E-state index contributed by atoms with van der Waals surface area (Å²) >= 11 is 0. The van der Waals surface area contributed by atoms with Gasteiger partial charge in [0.25, 0.3) is 0 Å². The highest BCUT2D eigenvalue weighted by molar-refractivity contribution is 5.29. The van der Waals surface area contributed by atoms with E-state index >= 15 is 0 Å². The summed E-state index contributed by atoms with van der Waals surface area (Å²) in [6.07, 6.45) is 0. The molecule has 3 nitrogen and oxygen atoms in total. The molecule has 0 bridgehead atoms. The summed E-state index contributed by atoms with van der Waals surface area (Å²) in [5, 5.41) is 8.96. The molecule has 0 heterocycles. The molecule has 3 heteroatoms. The van der Waals surface area contributed by atoms with Gasteiger partial charge in [0.2, 0.25) is 0 Å². The number of phenols is 1. The van der Waals surface area contributed by atoms with E-state index in [-0.39, 0.29) is 5.75 Å². The normalized spacial score (nSPS) is 9.62. The molecule has 0 amide bonds. The van der Waals surface area contributed by atoms with Gasteiger partial charge in [0.05, 0.1) is 0 Å². The van der Waals surface area contributed by atoms with Gasteiger partial charge in [-0.3, -0.25) is 0 Å². The predicted molar refractivity (Wildman–Crippen MR) is 49.5 cm³/mol. The van der Waals surface area contributed by atoms with Crippen molar-refractivity contribution in [2.75, 3.05) is 6.61 Å². The molecule has 1 rings (SSSR count). The van der Waals surface area contributed by atoms with Gasteiger partial charge < -0.3 is 9.99 Å². The lowest BCUT2D eigenvalue weighted by molar-refractivity contribution is -0.197. The van der Waals surface area contributed by atoms with Crippen LogP contribution in [0.3, 0.4) is 0 Å². The summed E-state index contributed by atoms with van der Waals surface area (Å²) in [5.74, 6) is 0.756. The van der Waals surface area contributed by atoms with E-state index in [4.69, 9.17) is 14.9 Å². The molecule has 0 aliphatic rings. The van der Waals surface area contributed by atoms with Gasteiger partial charge in [-0.1, -0.05) is 12.2 Å². The van der Waals surface area contributed by atoms with E-state index in [2.05, 4.69) is 6.58 Å². The second kappa shape index (κ2) is 4.52. The van der Waals surface area contributed by atoms with Gasteiger partial charge in [0, 0.05) is 0 Å². The Bertz CT molecular complexity index is 277. The van der Waals surface area contributed by atoms with Crippen LogP contribution >= 0.6 is 0 Å². The first-order valence-corrected chi connectivity index (χ1v) is 3.91. The zero-order chi connectivity index (χ0) is 9.68. The molecule has 0 unspecified atom stereocenters. The number of rotatable bonds is 4. The van der Waals surface area contributed by atoms with Crippen LogP contribution in [-0.4, -0.2) is 11.7 Å². The van der Waals surface area contributed by atoms with Gasteiger partial charge in [0.1, 0.15) is 12.4 Å². The third kappa shape index (κ3) is 3.62. The molecule has 0 radical (unpaired) electrons. The lowest BCUT2D eigenvalue weighted by atomic mass is 10.3. The minimum Gasteiger partial charge on any atom is -0.508 e. The Hall–Kier alpha value is -1.48. The van der Waals surface area contributed by atoms with Crippen molar-refractivity contribution in [1.29, 1.82) is 0 Å². The van der Waals surface area contributed by atoms with Crippen molar-refractivity contribution in [3.05, 3.63) is 36.4 Å². The fourth-order valence-electron chi connectivity index (χ4n) is 0.700. The molecular weight excluding hydrogens is 168 g/mol. The van der Waals surface area contributed by atoms with Crippen LogP contribution in [0.15, 0.2) is 36.4 Å². The van der Waals surface area contributed by atoms with Crippen molar-refractivity contribution >= 4 is 0 Å². The first-order valence-electron chi connectivity index (χ1n) is 3.91. The van der Waals surface area contributed by atoms with E-state index in [1.165, 1.54) is 12.1 Å². The summed E-state index contributed by atoms with van der Waals surface area (Å²) in [5.41, 5.74) is 0.888.